The Balaban J connectivity index is 1.52. The number of carbonyl (C=O) groups excluding carboxylic acids is 4. The zero-order valence-electron chi connectivity index (χ0n) is 18.5. The van der Waals surface area contributed by atoms with E-state index in [-0.39, 0.29) is 29.8 Å². The van der Waals surface area contributed by atoms with E-state index in [9.17, 15) is 23.6 Å². The van der Waals surface area contributed by atoms with E-state index in [1.165, 1.54) is 12.1 Å². The van der Waals surface area contributed by atoms with Crippen molar-refractivity contribution >= 4 is 35.2 Å². The molecule has 1 aromatic carbocycles. The fourth-order valence-corrected chi connectivity index (χ4v) is 3.62. The summed E-state index contributed by atoms with van der Waals surface area (Å²) in [5.74, 6) is -2.05. The van der Waals surface area contributed by atoms with Gasteiger partial charge in [0.05, 0.1) is 5.69 Å². The number of hydrogen-bond acceptors (Lipinski definition) is 6. The van der Waals surface area contributed by atoms with Crippen LogP contribution >= 0.6 is 0 Å². The molecule has 2 aliphatic heterocycles. The molecular weight excluding hydrogens is 419 g/mol. The van der Waals surface area contributed by atoms with Gasteiger partial charge >= 0.3 is 6.09 Å². The van der Waals surface area contributed by atoms with Crippen LogP contribution in [0.4, 0.5) is 20.6 Å². The van der Waals surface area contributed by atoms with Crippen molar-refractivity contribution in [2.75, 3.05) is 23.7 Å². The van der Waals surface area contributed by atoms with Gasteiger partial charge in [-0.1, -0.05) is 0 Å². The van der Waals surface area contributed by atoms with Crippen molar-refractivity contribution in [3.05, 3.63) is 24.0 Å². The molecule has 0 bridgehead atoms. The first kappa shape index (κ1) is 23.5. The molecule has 0 aliphatic carbocycles. The third kappa shape index (κ3) is 6.18. The number of hydrogen-bond donors (Lipinski definition) is 3. The first-order valence-corrected chi connectivity index (χ1v) is 10.7. The van der Waals surface area contributed by atoms with Gasteiger partial charge in [0.15, 0.2) is 0 Å². The van der Waals surface area contributed by atoms with Gasteiger partial charge in [0.2, 0.25) is 17.7 Å². The predicted octanol–water partition coefficient (Wildman–Crippen LogP) is 2.63. The Morgan fingerprint density at radius 3 is 2.44 bits per heavy atom. The lowest BCUT2D eigenvalue weighted by molar-refractivity contribution is -0.133. The summed E-state index contributed by atoms with van der Waals surface area (Å²) in [6.07, 6.45) is 1.06. The van der Waals surface area contributed by atoms with Crippen molar-refractivity contribution < 1.29 is 28.3 Å². The number of rotatable bonds is 4. The van der Waals surface area contributed by atoms with Gasteiger partial charge in [-0.2, -0.15) is 0 Å². The first-order chi connectivity index (χ1) is 15.0. The molecule has 174 valence electrons. The second-order valence-corrected chi connectivity index (χ2v) is 9.07. The van der Waals surface area contributed by atoms with Crippen LogP contribution < -0.4 is 16.0 Å². The normalized spacial score (nSPS) is 19.9. The molecular formula is C22H29FN4O5. The molecule has 3 N–H and O–H groups in total. The molecule has 1 atom stereocenters. The maximum absolute atomic E-state index is 14.5. The Labute approximate surface area is 186 Å². The summed E-state index contributed by atoms with van der Waals surface area (Å²) in [5.41, 5.74) is -0.165. The fourth-order valence-electron chi connectivity index (χ4n) is 3.62. The number of ether oxygens (including phenoxy) is 1. The minimum absolute atomic E-state index is 0.0402. The van der Waals surface area contributed by atoms with Gasteiger partial charge in [-0.05, 0) is 58.2 Å². The van der Waals surface area contributed by atoms with Crippen LogP contribution in [0.25, 0.3) is 0 Å². The van der Waals surface area contributed by atoms with Crippen LogP contribution in [0.3, 0.4) is 0 Å². The monoisotopic (exact) mass is 448 g/mol. The molecule has 2 saturated heterocycles. The Kier molecular flexibility index (Phi) is 7.00. The summed E-state index contributed by atoms with van der Waals surface area (Å²) in [7, 11) is 0. The SMILES string of the molecule is CC(C)(C)OC(=O)N1CCC(C(=O)Nc2ccc(NC3CCC(=O)NC3=O)cc2F)CC1. The maximum atomic E-state index is 14.5. The van der Waals surface area contributed by atoms with Gasteiger partial charge in [-0.15, -0.1) is 0 Å². The van der Waals surface area contributed by atoms with E-state index >= 15 is 0 Å². The lowest BCUT2D eigenvalue weighted by Crippen LogP contribution is -2.47. The minimum atomic E-state index is -0.637. The molecule has 0 spiro atoms. The van der Waals surface area contributed by atoms with Gasteiger partial charge in [0.1, 0.15) is 17.5 Å². The number of amides is 4. The van der Waals surface area contributed by atoms with E-state index < -0.39 is 29.5 Å². The summed E-state index contributed by atoms with van der Waals surface area (Å²) >= 11 is 0. The predicted molar refractivity (Wildman–Crippen MR) is 115 cm³/mol. The molecule has 3 rings (SSSR count). The minimum Gasteiger partial charge on any atom is -0.444 e. The second kappa shape index (κ2) is 9.54. The third-order valence-electron chi connectivity index (χ3n) is 5.32. The molecule has 10 heteroatoms. The molecule has 2 fully saturated rings. The summed E-state index contributed by atoms with van der Waals surface area (Å²) in [6, 6.07) is 3.57. The standard InChI is InChI=1S/C22H29FN4O5/c1-22(2,3)32-21(31)27-10-8-13(9-11-27)19(29)25-16-5-4-14(12-15(16)23)24-17-6-7-18(28)26-20(17)30/h4-5,12-13,17,24H,6-11H2,1-3H3,(H,25,29)(H,26,28,30). The van der Waals surface area contributed by atoms with Crippen LogP contribution in [0.15, 0.2) is 18.2 Å². The van der Waals surface area contributed by atoms with Gasteiger partial charge < -0.3 is 20.3 Å². The van der Waals surface area contributed by atoms with Crippen molar-refractivity contribution in [3.63, 3.8) is 0 Å². The first-order valence-electron chi connectivity index (χ1n) is 10.7. The Morgan fingerprint density at radius 2 is 1.84 bits per heavy atom. The average molecular weight is 448 g/mol. The topological polar surface area (TPSA) is 117 Å². The molecule has 9 nitrogen and oxygen atoms in total. The third-order valence-corrected chi connectivity index (χ3v) is 5.32. The highest BCUT2D eigenvalue weighted by Crippen LogP contribution is 2.24. The van der Waals surface area contributed by atoms with E-state index in [4.69, 9.17) is 4.74 Å². The van der Waals surface area contributed by atoms with Crippen molar-refractivity contribution in [1.82, 2.24) is 10.2 Å². The van der Waals surface area contributed by atoms with Gasteiger partial charge in [-0.3, -0.25) is 19.7 Å². The van der Waals surface area contributed by atoms with E-state index in [0.717, 1.165) is 0 Å². The lowest BCUT2D eigenvalue weighted by Gasteiger charge is -2.33. The Morgan fingerprint density at radius 1 is 1.16 bits per heavy atom. The highest BCUT2D eigenvalue weighted by atomic mass is 19.1. The van der Waals surface area contributed by atoms with Crippen LogP contribution in [-0.2, 0) is 19.1 Å². The van der Waals surface area contributed by atoms with Crippen molar-refractivity contribution in [2.24, 2.45) is 5.92 Å². The Bertz CT molecular complexity index is 906. The zero-order valence-corrected chi connectivity index (χ0v) is 18.5. The molecule has 32 heavy (non-hydrogen) atoms. The lowest BCUT2D eigenvalue weighted by atomic mass is 9.96. The number of carbonyl (C=O) groups is 4. The molecule has 0 saturated carbocycles. The number of anilines is 2. The van der Waals surface area contributed by atoms with Gasteiger partial charge in [0, 0.05) is 31.1 Å². The van der Waals surface area contributed by atoms with E-state index in [2.05, 4.69) is 16.0 Å². The van der Waals surface area contributed by atoms with Crippen molar-refractivity contribution in [1.29, 1.82) is 0 Å². The summed E-state index contributed by atoms with van der Waals surface area (Å²) < 4.78 is 19.9. The van der Waals surface area contributed by atoms with Crippen LogP contribution in [0.2, 0.25) is 0 Å². The van der Waals surface area contributed by atoms with Gasteiger partial charge in [-0.25, -0.2) is 9.18 Å². The fraction of sp³-hybridized carbons (Fsp3) is 0.545. The number of nitrogens with zero attached hydrogens (tertiary/aromatic N) is 1. The highest BCUT2D eigenvalue weighted by molar-refractivity contribution is 6.01. The zero-order chi connectivity index (χ0) is 23.5. The van der Waals surface area contributed by atoms with Crippen molar-refractivity contribution in [3.8, 4) is 0 Å². The largest absolute Gasteiger partial charge is 0.444 e. The van der Waals surface area contributed by atoms with E-state index in [0.29, 0.717) is 38.0 Å². The average Bonchev–Trinajstić information content (AvgIpc) is 2.71. The number of halogens is 1. The van der Waals surface area contributed by atoms with Crippen LogP contribution in [0.5, 0.6) is 0 Å². The molecule has 2 heterocycles. The molecule has 0 radical (unpaired) electrons. The Hall–Kier alpha value is -3.17. The summed E-state index contributed by atoms with van der Waals surface area (Å²) in [5, 5.41) is 7.74. The number of piperidine rings is 2. The number of benzene rings is 1. The van der Waals surface area contributed by atoms with Gasteiger partial charge in [0.25, 0.3) is 0 Å². The highest BCUT2D eigenvalue weighted by Gasteiger charge is 2.30. The number of likely N-dealkylation sites (tertiary alicyclic amines) is 1. The molecule has 4 amide bonds. The quantitative estimate of drug-likeness (QED) is 0.610. The maximum Gasteiger partial charge on any atom is 0.410 e. The second-order valence-electron chi connectivity index (χ2n) is 9.07. The van der Waals surface area contributed by atoms with E-state index in [1.54, 1.807) is 31.7 Å². The summed E-state index contributed by atoms with van der Waals surface area (Å²) in [6.45, 7) is 6.18. The van der Waals surface area contributed by atoms with Crippen LogP contribution in [0.1, 0.15) is 46.5 Å². The van der Waals surface area contributed by atoms with Crippen LogP contribution in [-0.4, -0.2) is 53.4 Å². The number of imide groups is 1. The summed E-state index contributed by atoms with van der Waals surface area (Å²) in [4.78, 5) is 49.4. The van der Waals surface area contributed by atoms with Crippen molar-refractivity contribution in [2.45, 2.75) is 58.1 Å². The molecule has 2 aliphatic rings. The molecule has 1 aromatic rings. The number of nitrogens with one attached hydrogen (secondary N) is 3. The smallest absolute Gasteiger partial charge is 0.410 e. The van der Waals surface area contributed by atoms with Crippen LogP contribution in [0, 0.1) is 11.7 Å². The molecule has 1 unspecified atom stereocenters. The van der Waals surface area contributed by atoms with E-state index in [1.807, 2.05) is 0 Å². The molecule has 0 aromatic heterocycles.